The molecule has 0 aliphatic carbocycles. The van der Waals surface area contributed by atoms with E-state index in [1.165, 1.54) is 41.3 Å². The molecule has 1 aliphatic heterocycles. The van der Waals surface area contributed by atoms with E-state index < -0.39 is 34.2 Å². The van der Waals surface area contributed by atoms with Crippen LogP contribution in [-0.4, -0.2) is 33.0 Å². The summed E-state index contributed by atoms with van der Waals surface area (Å²) in [6, 6.07) is 9.07. The van der Waals surface area contributed by atoms with Gasteiger partial charge in [0.15, 0.2) is 0 Å². The molecule has 0 radical (unpaired) electrons. The van der Waals surface area contributed by atoms with Crippen LogP contribution < -0.4 is 9.67 Å². The second-order valence-corrected chi connectivity index (χ2v) is 7.53. The molecule has 1 atom stereocenters. The zero-order valence-corrected chi connectivity index (χ0v) is 17.3. The van der Waals surface area contributed by atoms with Gasteiger partial charge in [-0.1, -0.05) is 30.0 Å². The maximum atomic E-state index is 13.3. The van der Waals surface area contributed by atoms with Gasteiger partial charge >= 0.3 is 0 Å². The first-order valence-electron chi connectivity index (χ1n) is 10.2. The maximum absolute atomic E-state index is 13.3. The first kappa shape index (κ1) is 21.9. The van der Waals surface area contributed by atoms with Crippen LogP contribution in [0, 0.1) is 15.9 Å². The number of H-pyrrole nitrogens is 1. The number of likely N-dealkylation sites (tertiary alicyclic amines) is 1. The highest BCUT2D eigenvalue weighted by molar-refractivity contribution is 6.46. The van der Waals surface area contributed by atoms with Crippen molar-refractivity contribution in [2.75, 3.05) is 6.54 Å². The lowest BCUT2D eigenvalue weighted by Gasteiger charge is -2.27. The largest absolute Gasteiger partial charge is 0.872 e. The number of imidazole rings is 1. The lowest BCUT2D eigenvalue weighted by atomic mass is 9.95. The number of halogens is 1. The van der Waals surface area contributed by atoms with Gasteiger partial charge in [0.1, 0.15) is 18.2 Å². The minimum atomic E-state index is -1.08. The number of rotatable bonds is 7. The Morgan fingerprint density at radius 2 is 1.94 bits per heavy atom. The van der Waals surface area contributed by atoms with Crippen molar-refractivity contribution in [2.24, 2.45) is 0 Å². The van der Waals surface area contributed by atoms with Crippen molar-refractivity contribution in [2.45, 2.75) is 19.0 Å². The Kier molecular flexibility index (Phi) is 5.99. The number of aromatic nitrogens is 2. The van der Waals surface area contributed by atoms with E-state index in [2.05, 4.69) is 4.98 Å². The standard InChI is InChI=1S/C23H19FN4O5/c24-17-7-5-15(6-8-17)21(29)19-20(16-3-1-4-18(13-16)28(32)33)27(23(31)22(19)30)11-2-10-26-12-9-25-14-26/h1,3-9,12-14,20H,2,10-11H2,(H,29,30). The zero-order chi connectivity index (χ0) is 23.5. The van der Waals surface area contributed by atoms with Crippen molar-refractivity contribution in [1.29, 1.82) is 0 Å². The second kappa shape index (κ2) is 9.03. The first-order valence-corrected chi connectivity index (χ1v) is 10.2. The highest BCUT2D eigenvalue weighted by Gasteiger charge is 2.44. The topological polar surface area (TPSA) is 123 Å². The van der Waals surface area contributed by atoms with Crippen molar-refractivity contribution in [3.63, 3.8) is 0 Å². The Morgan fingerprint density at radius 3 is 2.61 bits per heavy atom. The van der Waals surface area contributed by atoms with E-state index in [4.69, 9.17) is 0 Å². The summed E-state index contributed by atoms with van der Waals surface area (Å²) in [5.41, 5.74) is -0.201. The molecule has 168 valence electrons. The van der Waals surface area contributed by atoms with Gasteiger partial charge in [0.05, 0.1) is 17.5 Å². The van der Waals surface area contributed by atoms with Crippen LogP contribution in [-0.2, 0) is 16.1 Å². The molecular formula is C23H19FN4O5. The number of Topliss-reactive ketones (excluding diaryl/α,β-unsaturated/α-hetero) is 1. The quantitative estimate of drug-likeness (QED) is 0.146. The SMILES string of the molecule is O=C1C(=O)N(CCC[n+]2cc[nH]c2)C(c2cccc([N+](=O)[O-])c2)/C1=C(\[O-])c1ccc(F)cc1. The van der Waals surface area contributed by atoms with Gasteiger partial charge < -0.3 is 10.0 Å². The number of aromatic amines is 1. The van der Waals surface area contributed by atoms with E-state index in [9.17, 15) is 29.2 Å². The van der Waals surface area contributed by atoms with Gasteiger partial charge in [0.25, 0.3) is 11.6 Å². The van der Waals surface area contributed by atoms with Crippen LogP contribution in [0.1, 0.15) is 23.6 Å². The first-order chi connectivity index (χ1) is 15.9. The predicted octanol–water partition coefficient (Wildman–Crippen LogP) is 1.66. The van der Waals surface area contributed by atoms with Gasteiger partial charge in [0, 0.05) is 30.7 Å². The fraction of sp³-hybridized carbons (Fsp3) is 0.174. The molecule has 1 aliphatic rings. The Bertz CT molecular complexity index is 1240. The summed E-state index contributed by atoms with van der Waals surface area (Å²) >= 11 is 0. The summed E-state index contributed by atoms with van der Waals surface area (Å²) in [5, 5.41) is 24.5. The third-order valence-corrected chi connectivity index (χ3v) is 5.45. The molecule has 2 heterocycles. The van der Waals surface area contributed by atoms with Crippen molar-refractivity contribution in [3.8, 4) is 0 Å². The Morgan fingerprint density at radius 1 is 1.18 bits per heavy atom. The summed E-state index contributed by atoms with van der Waals surface area (Å²) in [7, 11) is 0. The Balaban J connectivity index is 1.76. The molecule has 1 fully saturated rings. The smallest absolute Gasteiger partial charge is 0.295 e. The fourth-order valence-corrected chi connectivity index (χ4v) is 3.90. The minimum Gasteiger partial charge on any atom is -0.872 e. The van der Waals surface area contributed by atoms with E-state index in [0.29, 0.717) is 13.0 Å². The van der Waals surface area contributed by atoms with Gasteiger partial charge in [-0.3, -0.25) is 24.7 Å². The number of carbonyl (C=O) groups excluding carboxylic acids is 2. The molecule has 1 aromatic heterocycles. The summed E-state index contributed by atoms with van der Waals surface area (Å²) < 4.78 is 15.2. The predicted molar refractivity (Wildman–Crippen MR) is 111 cm³/mol. The number of nitro benzene ring substituents is 1. The van der Waals surface area contributed by atoms with Crippen molar-refractivity contribution < 1.29 is 28.6 Å². The van der Waals surface area contributed by atoms with Crippen LogP contribution in [0.25, 0.3) is 5.76 Å². The van der Waals surface area contributed by atoms with Crippen LogP contribution >= 0.6 is 0 Å². The molecule has 0 saturated carbocycles. The van der Waals surface area contributed by atoms with Crippen LogP contribution in [0.5, 0.6) is 0 Å². The molecule has 9 nitrogen and oxygen atoms in total. The van der Waals surface area contributed by atoms with E-state index >= 15 is 0 Å². The Hall–Kier alpha value is -4.34. The number of carbonyl (C=O) groups is 2. The molecule has 1 N–H and O–H groups in total. The molecule has 1 amide bonds. The van der Waals surface area contributed by atoms with Gasteiger partial charge in [-0.25, -0.2) is 8.96 Å². The maximum Gasteiger partial charge on any atom is 0.295 e. The van der Waals surface area contributed by atoms with Crippen LogP contribution in [0.2, 0.25) is 0 Å². The summed E-state index contributed by atoms with van der Waals surface area (Å²) in [4.78, 5) is 40.7. The lowest BCUT2D eigenvalue weighted by Crippen LogP contribution is -2.36. The molecule has 1 unspecified atom stereocenters. The average molecular weight is 450 g/mol. The number of hydrogen-bond donors (Lipinski definition) is 1. The molecule has 4 rings (SSSR count). The molecule has 33 heavy (non-hydrogen) atoms. The molecule has 10 heteroatoms. The number of nitrogens with one attached hydrogen (secondary N) is 1. The van der Waals surface area contributed by atoms with Crippen molar-refractivity contribution in [3.05, 3.63) is 99.9 Å². The normalized spacial score (nSPS) is 17.5. The number of benzene rings is 2. The number of amides is 1. The molecule has 0 bridgehead atoms. The van der Waals surface area contributed by atoms with Gasteiger partial charge in [-0.15, -0.1) is 0 Å². The minimum absolute atomic E-state index is 0.0488. The number of ketones is 1. The fourth-order valence-electron chi connectivity index (χ4n) is 3.90. The number of nitrogens with zero attached hydrogens (tertiary/aromatic N) is 3. The summed E-state index contributed by atoms with van der Waals surface area (Å²) in [6.45, 7) is 0.695. The van der Waals surface area contributed by atoms with Gasteiger partial charge in [0.2, 0.25) is 12.1 Å². The second-order valence-electron chi connectivity index (χ2n) is 7.53. The number of non-ortho nitro benzene ring substituents is 1. The molecule has 1 saturated heterocycles. The lowest BCUT2D eigenvalue weighted by molar-refractivity contribution is -0.695. The molecule has 2 aromatic carbocycles. The summed E-state index contributed by atoms with van der Waals surface area (Å²) in [5.74, 6) is -3.08. The number of nitro groups is 1. The highest BCUT2D eigenvalue weighted by atomic mass is 19.1. The monoisotopic (exact) mass is 450 g/mol. The van der Waals surface area contributed by atoms with Crippen LogP contribution in [0.3, 0.4) is 0 Å². The van der Waals surface area contributed by atoms with E-state index in [0.717, 1.165) is 12.1 Å². The number of hydrogen-bond acceptors (Lipinski definition) is 5. The Labute approximate surface area is 187 Å². The summed E-state index contributed by atoms with van der Waals surface area (Å²) in [6.07, 6.45) is 5.77. The van der Waals surface area contributed by atoms with Crippen LogP contribution in [0.4, 0.5) is 10.1 Å². The van der Waals surface area contributed by atoms with Crippen molar-refractivity contribution in [1.82, 2.24) is 9.88 Å². The molecule has 0 spiro atoms. The van der Waals surface area contributed by atoms with Gasteiger partial charge in [-0.2, -0.15) is 0 Å². The van der Waals surface area contributed by atoms with E-state index in [1.807, 2.05) is 10.8 Å². The van der Waals surface area contributed by atoms with Crippen LogP contribution in [0.15, 0.2) is 72.8 Å². The zero-order valence-electron chi connectivity index (χ0n) is 17.3. The van der Waals surface area contributed by atoms with Crippen molar-refractivity contribution >= 4 is 23.1 Å². The third kappa shape index (κ3) is 4.36. The number of aryl methyl sites for hydroxylation is 1. The van der Waals surface area contributed by atoms with E-state index in [1.54, 1.807) is 12.5 Å². The molecule has 3 aromatic rings. The molecular weight excluding hydrogens is 431 g/mol. The third-order valence-electron chi connectivity index (χ3n) is 5.45. The van der Waals surface area contributed by atoms with Gasteiger partial charge in [-0.05, 0) is 23.3 Å². The van der Waals surface area contributed by atoms with E-state index in [-0.39, 0.29) is 28.9 Å². The average Bonchev–Trinajstić information content (AvgIpc) is 3.41. The highest BCUT2D eigenvalue weighted by Crippen LogP contribution is 2.39.